The summed E-state index contributed by atoms with van der Waals surface area (Å²) in [6.07, 6.45) is 0. The Labute approximate surface area is 133 Å². The van der Waals surface area contributed by atoms with Crippen LogP contribution < -0.4 is 4.90 Å². The first-order chi connectivity index (χ1) is 9.74. The van der Waals surface area contributed by atoms with Crippen LogP contribution in [0, 0.1) is 30.8 Å². The first-order valence-electron chi connectivity index (χ1n) is 4.36. The standard InChI is InChI=1S/C9H10N.4CO.BrH.W/c1-8-4-6-9(7-5-8)10(2)3;4*1-2;;/h4-7H,2-3H3;;;;;1H;/q;;;;;;+1/p-1. The van der Waals surface area contributed by atoms with E-state index in [9.17, 15) is 0 Å². The van der Waals surface area contributed by atoms with Crippen molar-refractivity contribution in [2.45, 2.75) is 0 Å². The van der Waals surface area contributed by atoms with Crippen molar-refractivity contribution in [3.63, 3.8) is 0 Å². The molecular formula is C13H10BrNO4W. The number of nitrogens with zero attached hydrogens (tertiary/aromatic N) is 1. The van der Waals surface area contributed by atoms with E-state index in [1.54, 1.807) is 0 Å². The molecule has 1 aromatic carbocycles. The van der Waals surface area contributed by atoms with Crippen LogP contribution in [-0.2, 0) is 34.5 Å². The maximum atomic E-state index is 7.50. The monoisotopic (exact) mass is 507 g/mol. The number of hydrogen-bond donors (Lipinski definition) is 0. The van der Waals surface area contributed by atoms with Gasteiger partial charge in [0.15, 0.2) is 0 Å². The van der Waals surface area contributed by atoms with Gasteiger partial charge < -0.3 is 0 Å². The van der Waals surface area contributed by atoms with Gasteiger partial charge >= 0.3 is 133 Å². The van der Waals surface area contributed by atoms with Crippen molar-refractivity contribution in [3.8, 4) is 4.20 Å². The van der Waals surface area contributed by atoms with Crippen molar-refractivity contribution < 1.29 is 34.5 Å². The van der Waals surface area contributed by atoms with Gasteiger partial charge in [0.1, 0.15) is 0 Å². The SMILES string of the molecule is CN(C)c1ccc([C]#[W][Br])cc1.[C-]#[O+].[C-]#[O+].[C-]#[O+].[C-]#[O+]. The molecule has 0 aliphatic rings. The quantitative estimate of drug-likeness (QED) is 0.424. The molecule has 0 bridgehead atoms. The molecule has 0 fully saturated rings. The van der Waals surface area contributed by atoms with Gasteiger partial charge in [0.05, 0.1) is 0 Å². The number of rotatable bonds is 1. The summed E-state index contributed by atoms with van der Waals surface area (Å²) in [5.41, 5.74) is 2.45. The second kappa shape index (κ2) is 26.5. The Balaban J connectivity index is -0.000000138. The van der Waals surface area contributed by atoms with Crippen molar-refractivity contribution in [1.82, 2.24) is 0 Å². The van der Waals surface area contributed by atoms with Gasteiger partial charge in [0.25, 0.3) is 0 Å². The minimum atomic E-state index is -0.478. The first kappa shape index (κ1) is 27.3. The van der Waals surface area contributed by atoms with Gasteiger partial charge in [-0.2, -0.15) is 0 Å². The normalized spacial score (nSPS) is 5.75. The molecule has 0 unspecified atom stereocenters. The fourth-order valence-corrected chi connectivity index (χ4v) is 3.21. The Bertz CT molecular complexity index is 442. The summed E-state index contributed by atoms with van der Waals surface area (Å²) in [6.45, 7) is 18.0. The van der Waals surface area contributed by atoms with Gasteiger partial charge in [-0.1, -0.05) is 0 Å². The average molecular weight is 508 g/mol. The predicted octanol–water partition coefficient (Wildman–Crippen LogP) is 2.30. The summed E-state index contributed by atoms with van der Waals surface area (Å²) in [5.74, 6) is 0. The molecule has 0 saturated heterocycles. The summed E-state index contributed by atoms with van der Waals surface area (Å²) >= 11 is 3.00. The summed E-state index contributed by atoms with van der Waals surface area (Å²) in [5, 5.41) is 0. The first-order valence-corrected chi connectivity index (χ1v) is 12.2. The third-order valence-electron chi connectivity index (χ3n) is 1.54. The van der Waals surface area contributed by atoms with Gasteiger partial charge in [-0.3, -0.25) is 0 Å². The number of halogens is 1. The predicted molar refractivity (Wildman–Crippen MR) is 68.4 cm³/mol. The van der Waals surface area contributed by atoms with Gasteiger partial charge in [-0.25, -0.2) is 0 Å². The van der Waals surface area contributed by atoms with Crippen molar-refractivity contribution >= 4 is 19.0 Å². The minimum absolute atomic E-state index is 0.478. The van der Waals surface area contributed by atoms with E-state index in [0.717, 1.165) is 0 Å². The number of hydrogen-bond acceptors (Lipinski definition) is 1. The molecule has 20 heavy (non-hydrogen) atoms. The van der Waals surface area contributed by atoms with Crippen LogP contribution in [0.15, 0.2) is 24.3 Å². The molecule has 0 saturated carbocycles. The fourth-order valence-electron chi connectivity index (χ4n) is 0.872. The number of anilines is 1. The topological polar surface area (TPSA) is 82.8 Å². The molecule has 0 aliphatic carbocycles. The molecule has 5 nitrogen and oxygen atoms in total. The van der Waals surface area contributed by atoms with Crippen LogP contribution in [0.25, 0.3) is 0 Å². The molecule has 1 rings (SSSR count). The Morgan fingerprint density at radius 3 is 1.50 bits per heavy atom. The van der Waals surface area contributed by atoms with E-state index in [2.05, 4.69) is 73.3 Å². The molecule has 0 amide bonds. The molecule has 0 spiro atoms. The van der Waals surface area contributed by atoms with Crippen molar-refractivity contribution in [2.75, 3.05) is 19.0 Å². The van der Waals surface area contributed by atoms with Crippen molar-refractivity contribution in [1.29, 1.82) is 0 Å². The zero-order chi connectivity index (χ0) is 17.0. The van der Waals surface area contributed by atoms with E-state index in [-0.39, 0.29) is 0 Å². The summed E-state index contributed by atoms with van der Waals surface area (Å²) in [7, 11) is 4.09. The molecule has 7 heteroatoms. The summed E-state index contributed by atoms with van der Waals surface area (Å²) in [4.78, 5) is 2.09. The Hall–Kier alpha value is -1.07. The Kier molecular flexibility index (Phi) is 36.2. The van der Waals surface area contributed by atoms with Gasteiger partial charge in [0, 0.05) is 0 Å². The molecule has 0 atom stereocenters. The maximum absolute atomic E-state index is 7.50. The van der Waals surface area contributed by atoms with Gasteiger partial charge in [-0.15, -0.1) is 0 Å². The van der Waals surface area contributed by atoms with Crippen LogP contribution in [0.1, 0.15) is 5.56 Å². The Morgan fingerprint density at radius 2 is 1.25 bits per heavy atom. The summed E-state index contributed by atoms with van der Waals surface area (Å²) < 4.78 is 33.3. The molecule has 0 N–H and O–H groups in total. The third-order valence-corrected chi connectivity index (χ3v) is 3.99. The molecule has 104 valence electrons. The van der Waals surface area contributed by atoms with Gasteiger partial charge in [0.2, 0.25) is 0 Å². The van der Waals surface area contributed by atoms with E-state index >= 15 is 0 Å². The molecule has 0 aliphatic heterocycles. The van der Waals surface area contributed by atoms with E-state index in [1.165, 1.54) is 11.3 Å². The van der Waals surface area contributed by atoms with Gasteiger partial charge in [-0.05, 0) is 0 Å². The van der Waals surface area contributed by atoms with Crippen LogP contribution in [0.5, 0.6) is 0 Å². The second-order valence-corrected chi connectivity index (χ2v) is 6.56. The van der Waals surface area contributed by atoms with Crippen LogP contribution in [0.2, 0.25) is 0 Å². The van der Waals surface area contributed by atoms with Crippen LogP contribution in [-0.4, -0.2) is 14.1 Å². The third kappa shape index (κ3) is 16.9. The van der Waals surface area contributed by atoms with E-state index in [0.29, 0.717) is 0 Å². The molecule has 1 aromatic rings. The zero-order valence-corrected chi connectivity index (χ0v) is 15.2. The Morgan fingerprint density at radius 1 is 0.900 bits per heavy atom. The average Bonchev–Trinajstić information content (AvgIpc) is 2.56. The van der Waals surface area contributed by atoms with Crippen LogP contribution in [0.4, 0.5) is 5.69 Å². The van der Waals surface area contributed by atoms with E-state index in [1.807, 2.05) is 14.1 Å². The van der Waals surface area contributed by atoms with E-state index in [4.69, 9.17) is 18.6 Å². The summed E-state index contributed by atoms with van der Waals surface area (Å²) in [6, 6.07) is 8.45. The van der Waals surface area contributed by atoms with Crippen molar-refractivity contribution in [3.05, 3.63) is 56.4 Å². The molecule has 0 radical (unpaired) electrons. The fraction of sp³-hybridized carbons (Fsp3) is 0.154. The molecule has 0 heterocycles. The molecule has 0 aromatic heterocycles. The van der Waals surface area contributed by atoms with Crippen LogP contribution >= 0.6 is 13.3 Å². The van der Waals surface area contributed by atoms with Crippen LogP contribution in [0.3, 0.4) is 0 Å². The second-order valence-electron chi connectivity index (χ2n) is 2.62. The number of benzene rings is 1. The zero-order valence-electron chi connectivity index (χ0n) is 10.7. The van der Waals surface area contributed by atoms with E-state index < -0.39 is 15.8 Å². The van der Waals surface area contributed by atoms with Crippen molar-refractivity contribution in [2.24, 2.45) is 0 Å². The molecular weight excluding hydrogens is 498 g/mol.